The highest BCUT2D eigenvalue weighted by Crippen LogP contribution is 2.33. The highest BCUT2D eigenvalue weighted by atomic mass is 19.4. The van der Waals surface area contributed by atoms with Crippen molar-refractivity contribution >= 4 is 5.78 Å². The Morgan fingerprint density at radius 2 is 1.43 bits per heavy atom. The van der Waals surface area contributed by atoms with Crippen LogP contribution in [0.4, 0.5) is 17.6 Å². The maximum absolute atomic E-state index is 14.3. The molecule has 1 aliphatic rings. The highest BCUT2D eigenvalue weighted by molar-refractivity contribution is 5.94. The molecule has 3 aromatic rings. The molecule has 1 unspecified atom stereocenters. The first kappa shape index (κ1) is 34.7. The lowest BCUT2D eigenvalue weighted by molar-refractivity contribution is -0.137. The Bertz CT molecular complexity index is 1290. The largest absolute Gasteiger partial charge is 0.416 e. The summed E-state index contributed by atoms with van der Waals surface area (Å²) in [4.78, 5) is 13.6. The fraction of sp³-hybridized carbons (Fsp3) is 0.343. The first-order valence-electron chi connectivity index (χ1n) is 14.0. The summed E-state index contributed by atoms with van der Waals surface area (Å²) < 4.78 is 52.3. The fourth-order valence-corrected chi connectivity index (χ4v) is 4.65. The number of ketones is 1. The molecule has 0 fully saturated rings. The number of rotatable bonds is 6. The number of alkyl halides is 3. The molecule has 0 bridgehead atoms. The van der Waals surface area contributed by atoms with Gasteiger partial charge in [0.2, 0.25) is 0 Å². The number of carbonyl (C=O) groups is 1. The van der Waals surface area contributed by atoms with Crippen LogP contribution in [0.3, 0.4) is 0 Å². The van der Waals surface area contributed by atoms with Gasteiger partial charge < -0.3 is 5.32 Å². The number of halogens is 4. The van der Waals surface area contributed by atoms with Crippen molar-refractivity contribution < 1.29 is 22.4 Å². The Hall–Kier alpha value is -3.55. The van der Waals surface area contributed by atoms with Crippen molar-refractivity contribution in [3.63, 3.8) is 0 Å². The molecule has 0 saturated carbocycles. The maximum atomic E-state index is 14.3. The maximum Gasteiger partial charge on any atom is 0.416 e. The molecule has 1 aliphatic heterocycles. The zero-order valence-corrected chi connectivity index (χ0v) is 25.4. The molecule has 226 valence electrons. The van der Waals surface area contributed by atoms with E-state index in [9.17, 15) is 22.4 Å². The molecule has 0 amide bonds. The Morgan fingerprint density at radius 1 is 0.929 bits per heavy atom. The third-order valence-corrected chi connectivity index (χ3v) is 6.94. The summed E-state index contributed by atoms with van der Waals surface area (Å²) in [7, 11) is 1.61. The molecular formula is C35H42F4N2O. The topological polar surface area (TPSA) is 32.3 Å². The van der Waals surface area contributed by atoms with E-state index in [0.717, 1.165) is 17.7 Å². The first-order valence-corrected chi connectivity index (χ1v) is 14.0. The molecule has 7 heteroatoms. The molecule has 0 aliphatic carbocycles. The number of nitrogens with zero attached hydrogens (tertiary/aromatic N) is 1. The Morgan fingerprint density at radius 3 is 1.83 bits per heavy atom. The fourth-order valence-electron chi connectivity index (χ4n) is 4.65. The van der Waals surface area contributed by atoms with Crippen LogP contribution in [0, 0.1) is 5.82 Å². The van der Waals surface area contributed by atoms with Crippen molar-refractivity contribution in [1.82, 2.24) is 10.2 Å². The normalized spacial score (nSPS) is 14.4. The molecule has 3 aromatic carbocycles. The van der Waals surface area contributed by atoms with Crippen LogP contribution in [0.15, 0.2) is 102 Å². The lowest BCUT2D eigenvalue weighted by Crippen LogP contribution is -2.42. The molecule has 42 heavy (non-hydrogen) atoms. The van der Waals surface area contributed by atoms with Crippen LogP contribution in [0.1, 0.15) is 75.4 Å². The van der Waals surface area contributed by atoms with Crippen molar-refractivity contribution in [3.8, 4) is 0 Å². The summed E-state index contributed by atoms with van der Waals surface area (Å²) in [5.41, 5.74) is 4.71. The predicted octanol–water partition coefficient (Wildman–Crippen LogP) is 9.09. The van der Waals surface area contributed by atoms with Gasteiger partial charge in [-0.25, -0.2) is 4.39 Å². The lowest BCUT2D eigenvalue weighted by Gasteiger charge is -2.36. The molecule has 1 atom stereocenters. The van der Waals surface area contributed by atoms with Gasteiger partial charge in [0.25, 0.3) is 0 Å². The van der Waals surface area contributed by atoms with E-state index >= 15 is 0 Å². The van der Waals surface area contributed by atoms with Crippen LogP contribution in [-0.2, 0) is 11.0 Å². The quantitative estimate of drug-likeness (QED) is 0.232. The SMILES string of the molecule is C=C(C)C.CC(c1ccccc1)c1ccccc1.CNC(c1ccc(C(F)(F)F)cc1F)N1CCC(C)=C(C(C)=O)C1. The predicted molar refractivity (Wildman–Crippen MR) is 164 cm³/mol. The van der Waals surface area contributed by atoms with Gasteiger partial charge in [-0.3, -0.25) is 9.69 Å². The van der Waals surface area contributed by atoms with Crippen LogP contribution in [-0.4, -0.2) is 30.8 Å². The number of carbonyl (C=O) groups excluding carboxylic acids is 1. The molecule has 0 radical (unpaired) electrons. The number of hydrogen-bond acceptors (Lipinski definition) is 3. The number of benzene rings is 3. The summed E-state index contributed by atoms with van der Waals surface area (Å²) in [5.74, 6) is -0.475. The Kier molecular flexibility index (Phi) is 13.4. The minimum absolute atomic E-state index is 0.0417. The molecule has 0 spiro atoms. The summed E-state index contributed by atoms with van der Waals surface area (Å²) in [6.45, 7) is 14.0. The van der Waals surface area contributed by atoms with E-state index in [4.69, 9.17) is 0 Å². The average molecular weight is 583 g/mol. The molecule has 1 N–H and O–H groups in total. The molecule has 3 nitrogen and oxygen atoms in total. The second-order valence-electron chi connectivity index (χ2n) is 10.7. The minimum atomic E-state index is -4.58. The van der Waals surface area contributed by atoms with Gasteiger partial charge in [0.1, 0.15) is 5.82 Å². The van der Waals surface area contributed by atoms with Gasteiger partial charge in [-0.1, -0.05) is 84.8 Å². The van der Waals surface area contributed by atoms with E-state index in [-0.39, 0.29) is 11.3 Å². The van der Waals surface area contributed by atoms with Gasteiger partial charge in [0.05, 0.1) is 11.7 Å². The van der Waals surface area contributed by atoms with Crippen LogP contribution >= 0.6 is 0 Å². The van der Waals surface area contributed by atoms with Crippen LogP contribution in [0.25, 0.3) is 0 Å². The molecule has 4 rings (SSSR count). The standard InChI is InChI=1S/C17H20F4N2O.C14H14.C4H8/c1-10-6-7-23(9-14(10)11(2)24)16(22-3)13-5-4-12(8-15(13)18)17(19,20)21;1-12(13-8-4-2-5-9-13)14-10-6-3-7-11-14;1-4(2)3/h4-5,8,16,22H,6-7,9H2,1-3H3;2-12H,1H3;1H2,2-3H3. The van der Waals surface area contributed by atoms with Gasteiger partial charge in [-0.05, 0) is 64.4 Å². The molecular weight excluding hydrogens is 540 g/mol. The van der Waals surface area contributed by atoms with E-state index in [2.05, 4.69) is 79.5 Å². The highest BCUT2D eigenvalue weighted by Gasteiger charge is 2.33. The Labute approximate surface area is 248 Å². The second kappa shape index (κ2) is 16.2. The zero-order chi connectivity index (χ0) is 31.4. The number of nitrogens with one attached hydrogen (secondary N) is 1. The van der Waals surface area contributed by atoms with Crippen molar-refractivity contribution in [2.45, 2.75) is 59.3 Å². The van der Waals surface area contributed by atoms with Gasteiger partial charge in [0.15, 0.2) is 5.78 Å². The van der Waals surface area contributed by atoms with Crippen LogP contribution < -0.4 is 5.32 Å². The van der Waals surface area contributed by atoms with E-state index in [1.807, 2.05) is 25.7 Å². The monoisotopic (exact) mass is 582 g/mol. The smallest absolute Gasteiger partial charge is 0.301 e. The average Bonchev–Trinajstić information content (AvgIpc) is 2.95. The number of Topliss-reactive ketones (excluding diaryl/α,β-unsaturated/α-hetero) is 1. The van der Waals surface area contributed by atoms with E-state index in [0.29, 0.717) is 37.1 Å². The van der Waals surface area contributed by atoms with Gasteiger partial charge in [-0.2, -0.15) is 13.2 Å². The summed E-state index contributed by atoms with van der Waals surface area (Å²) in [6.07, 6.45) is -4.52. The minimum Gasteiger partial charge on any atom is -0.301 e. The molecule has 0 saturated heterocycles. The second-order valence-corrected chi connectivity index (χ2v) is 10.7. The summed E-state index contributed by atoms with van der Waals surface area (Å²) >= 11 is 0. The van der Waals surface area contributed by atoms with Gasteiger partial charge in [-0.15, -0.1) is 6.58 Å². The molecule has 1 heterocycles. The first-order chi connectivity index (χ1) is 19.8. The van der Waals surface area contributed by atoms with Crippen molar-refractivity contribution in [1.29, 1.82) is 0 Å². The van der Waals surface area contributed by atoms with Gasteiger partial charge in [0, 0.05) is 30.1 Å². The van der Waals surface area contributed by atoms with E-state index in [1.54, 1.807) is 7.05 Å². The van der Waals surface area contributed by atoms with Gasteiger partial charge >= 0.3 is 6.18 Å². The van der Waals surface area contributed by atoms with E-state index in [1.165, 1.54) is 23.6 Å². The van der Waals surface area contributed by atoms with Crippen LogP contribution in [0.2, 0.25) is 0 Å². The number of hydrogen-bond donors (Lipinski definition) is 1. The third kappa shape index (κ3) is 10.4. The van der Waals surface area contributed by atoms with Crippen molar-refractivity contribution in [2.75, 3.05) is 20.1 Å². The lowest BCUT2D eigenvalue weighted by atomic mass is 9.93. The van der Waals surface area contributed by atoms with E-state index < -0.39 is 23.7 Å². The molecule has 0 aromatic heterocycles. The zero-order valence-electron chi connectivity index (χ0n) is 25.4. The van der Waals surface area contributed by atoms with Crippen molar-refractivity contribution in [3.05, 3.63) is 130 Å². The number of allylic oxidation sites excluding steroid dienone is 1. The van der Waals surface area contributed by atoms with Crippen LogP contribution in [0.5, 0.6) is 0 Å². The third-order valence-electron chi connectivity index (χ3n) is 6.94. The van der Waals surface area contributed by atoms with Crippen molar-refractivity contribution in [2.24, 2.45) is 0 Å². The summed E-state index contributed by atoms with van der Waals surface area (Å²) in [5, 5.41) is 2.93. The Balaban J connectivity index is 0.000000287. The summed E-state index contributed by atoms with van der Waals surface area (Å²) in [6, 6.07) is 23.7.